The van der Waals surface area contributed by atoms with Gasteiger partial charge in [0.05, 0.1) is 44.7 Å². The molecule has 0 bridgehead atoms. The predicted octanol–water partition coefficient (Wildman–Crippen LogP) is 8.14. The number of amides is 12. The predicted molar refractivity (Wildman–Crippen MR) is 364 cm³/mol. The molecule has 8 fully saturated rings. The lowest BCUT2D eigenvalue weighted by atomic mass is 9.86. The number of aromatic nitrogens is 2. The summed E-state index contributed by atoms with van der Waals surface area (Å²) in [5.41, 5.74) is 10.6. The van der Waals surface area contributed by atoms with E-state index in [1.807, 2.05) is 11.0 Å². The Kier molecular flexibility index (Phi) is 18.3. The SMILES string of the molecule is C[C@@H](c1ccc2c(c1)OCC2)N1CCC2(CC1)NC(=O)N(C)C2=O.C[C@@H](c1ccc2scnc2c1)N1CCC2(CC1)NC(=O)N(C)C2=O.C[C@H](c1ccc2c(c1)OCC2)N1CCC2(CC1)NC(=O)N(C)C2=O.C[C@H](c1ccc2scnc2c1)N1CCC2(CC1)NC(=O)N(C)C2=O. The maximum atomic E-state index is 12.4. The number of carbonyl (C=O) groups is 8. The molecule has 4 aromatic carbocycles. The van der Waals surface area contributed by atoms with E-state index < -0.39 is 22.2 Å². The van der Waals surface area contributed by atoms with Crippen LogP contribution in [0.15, 0.2) is 83.8 Å². The second kappa shape index (κ2) is 26.4. The molecule has 6 aromatic rings. The van der Waals surface area contributed by atoms with E-state index in [4.69, 9.17) is 9.47 Å². The summed E-state index contributed by atoms with van der Waals surface area (Å²) < 4.78 is 13.7. The average molecular weight is 1350 g/mol. The summed E-state index contributed by atoms with van der Waals surface area (Å²) in [7, 11) is 6.19. The average Bonchev–Trinajstić information content (AvgIpc) is 1.63. The summed E-state index contributed by atoms with van der Waals surface area (Å²) >= 11 is 3.30. The quantitative estimate of drug-likeness (QED) is 0.105. The van der Waals surface area contributed by atoms with E-state index in [0.717, 1.165) is 101 Å². The molecule has 0 saturated carbocycles. The van der Waals surface area contributed by atoms with Crippen molar-refractivity contribution in [2.45, 2.75) is 138 Å². The number of nitrogens with zero attached hydrogens (tertiary/aromatic N) is 10. The number of hydrogen-bond acceptors (Lipinski definition) is 18. The fourth-order valence-corrected chi connectivity index (χ4v) is 16.9. The highest BCUT2D eigenvalue weighted by molar-refractivity contribution is 7.17. The van der Waals surface area contributed by atoms with E-state index in [-0.39, 0.29) is 71.9 Å². The molecule has 0 radical (unpaired) electrons. The van der Waals surface area contributed by atoms with Gasteiger partial charge in [0.2, 0.25) is 0 Å². The zero-order valence-electron chi connectivity index (χ0n) is 55.9. The number of hydrogen-bond donors (Lipinski definition) is 4. The van der Waals surface area contributed by atoms with Crippen LogP contribution in [0, 0.1) is 0 Å². The smallest absolute Gasteiger partial charge is 0.324 e. The Morgan fingerprint density at radius 3 is 0.906 bits per heavy atom. The van der Waals surface area contributed by atoms with Gasteiger partial charge in [0.15, 0.2) is 0 Å². The highest BCUT2D eigenvalue weighted by atomic mass is 32.1. The second-order valence-electron chi connectivity index (χ2n) is 27.4. The van der Waals surface area contributed by atoms with Crippen LogP contribution in [0.2, 0.25) is 0 Å². The van der Waals surface area contributed by atoms with Crippen molar-refractivity contribution >= 4 is 90.9 Å². The second-order valence-corrected chi connectivity index (χ2v) is 29.2. The highest BCUT2D eigenvalue weighted by Crippen LogP contribution is 2.40. The molecular formula is C70H86N14O10S2. The van der Waals surface area contributed by atoms with Crippen molar-refractivity contribution in [1.29, 1.82) is 0 Å². The molecule has 0 unspecified atom stereocenters. The van der Waals surface area contributed by atoms with Crippen LogP contribution >= 0.6 is 22.7 Å². The van der Waals surface area contributed by atoms with E-state index in [0.29, 0.717) is 51.4 Å². The van der Waals surface area contributed by atoms with Gasteiger partial charge in [-0.3, -0.25) is 58.4 Å². The third-order valence-corrected chi connectivity index (χ3v) is 24.0. The number of carbonyl (C=O) groups excluding carboxylic acids is 8. The number of imide groups is 4. The van der Waals surface area contributed by atoms with Gasteiger partial charge in [-0.2, -0.15) is 0 Å². The maximum Gasteiger partial charge on any atom is 0.324 e. The van der Waals surface area contributed by atoms with Crippen molar-refractivity contribution in [2.75, 3.05) is 93.8 Å². The first-order valence-corrected chi connectivity index (χ1v) is 35.3. The Balaban J connectivity index is 0.000000116. The van der Waals surface area contributed by atoms with Gasteiger partial charge in [-0.05, 0) is 149 Å². The fourth-order valence-electron chi connectivity index (χ4n) is 15.5. The summed E-state index contributed by atoms with van der Waals surface area (Å²) in [6, 6.07) is 25.8. The number of likely N-dealkylation sites (N-methyl/N-ethyl adjacent to an activating group) is 4. The normalized spacial score (nSPS) is 23.2. The molecule has 10 aliphatic rings. The molecule has 16 rings (SSSR count). The van der Waals surface area contributed by atoms with Gasteiger partial charge < -0.3 is 30.7 Å². The molecule has 26 heteroatoms. The van der Waals surface area contributed by atoms with Crippen molar-refractivity contribution in [1.82, 2.24) is 70.4 Å². The summed E-state index contributed by atoms with van der Waals surface area (Å²) in [5, 5.41) is 11.6. The Labute approximate surface area is 567 Å². The monoisotopic (exact) mass is 1350 g/mol. The summed E-state index contributed by atoms with van der Waals surface area (Å²) in [5.74, 6) is 1.64. The molecule has 10 aliphatic heterocycles. The van der Waals surface area contributed by atoms with Crippen molar-refractivity contribution in [3.8, 4) is 11.5 Å². The summed E-state index contributed by atoms with van der Waals surface area (Å²) in [4.78, 5) is 120. The maximum absolute atomic E-state index is 12.4. The molecule has 4 N–H and O–H groups in total. The molecule has 12 amide bonds. The molecule has 8 saturated heterocycles. The van der Waals surface area contributed by atoms with Gasteiger partial charge in [0.1, 0.15) is 33.7 Å². The van der Waals surface area contributed by atoms with E-state index in [9.17, 15) is 38.4 Å². The lowest BCUT2D eigenvalue weighted by molar-refractivity contribution is -0.133. The molecular weight excluding hydrogens is 1260 g/mol. The van der Waals surface area contributed by atoms with Crippen LogP contribution in [-0.2, 0) is 32.0 Å². The Hall–Kier alpha value is -8.14. The van der Waals surface area contributed by atoms with Crippen LogP contribution in [0.1, 0.15) is 137 Å². The van der Waals surface area contributed by atoms with Crippen LogP contribution in [0.5, 0.6) is 11.5 Å². The summed E-state index contributed by atoms with van der Waals surface area (Å²) in [6.07, 6.45) is 7.26. The molecule has 508 valence electrons. The largest absolute Gasteiger partial charge is 0.493 e. The topological polar surface area (TPSA) is 255 Å². The lowest BCUT2D eigenvalue weighted by Crippen LogP contribution is -2.55. The van der Waals surface area contributed by atoms with Crippen molar-refractivity contribution in [2.24, 2.45) is 0 Å². The van der Waals surface area contributed by atoms with Gasteiger partial charge in [0, 0.05) is 118 Å². The molecule has 2 aromatic heterocycles. The van der Waals surface area contributed by atoms with Crippen LogP contribution in [-0.4, -0.2) is 213 Å². The number of nitrogens with one attached hydrogen (secondary N) is 4. The minimum atomic E-state index is -0.694. The number of piperidine rings is 4. The standard InChI is InChI=1S/2C18H23N3O3.2C17H20N4O2S/c2*1-12(14-4-3-13-5-10-24-15(13)11-14)21-8-6-18(7-9-21)16(22)20(2)17(23)19-18;2*1-11(12-3-4-14-13(9-12)18-10-24-14)21-7-5-17(6-8-21)15(22)20(2)16(23)19-17/h2*3-4,11-12H,5-10H2,1-2H3,(H,19,23);2*3-4,9-11H,5-8H2,1-2H3,(H,19,23)/t2*12-;2*11-/m1010/s1. The van der Waals surface area contributed by atoms with Crippen LogP contribution in [0.3, 0.4) is 0 Å². The number of likely N-dealkylation sites (tertiary alicyclic amines) is 4. The van der Waals surface area contributed by atoms with Crippen molar-refractivity contribution in [3.63, 3.8) is 0 Å². The number of urea groups is 4. The number of rotatable bonds is 8. The van der Waals surface area contributed by atoms with E-state index in [2.05, 4.69) is 151 Å². The first-order chi connectivity index (χ1) is 46.0. The lowest BCUT2D eigenvalue weighted by Gasteiger charge is -2.40. The fraction of sp³-hybridized carbons (Fsp3) is 0.514. The van der Waals surface area contributed by atoms with Crippen LogP contribution in [0.25, 0.3) is 20.4 Å². The van der Waals surface area contributed by atoms with E-state index in [1.165, 1.54) is 62.4 Å². The van der Waals surface area contributed by atoms with Gasteiger partial charge in [0.25, 0.3) is 23.6 Å². The number of thiazole rings is 2. The third-order valence-electron chi connectivity index (χ3n) is 22.3. The third kappa shape index (κ3) is 12.3. The Bertz CT molecular complexity index is 3780. The van der Waals surface area contributed by atoms with E-state index >= 15 is 0 Å². The van der Waals surface area contributed by atoms with Crippen molar-refractivity contribution < 1.29 is 47.8 Å². The van der Waals surface area contributed by atoms with Gasteiger partial charge in [-0.25, -0.2) is 29.1 Å². The number of fused-ring (bicyclic) bond motifs is 4. The minimum Gasteiger partial charge on any atom is -0.493 e. The molecule has 0 aliphatic carbocycles. The van der Waals surface area contributed by atoms with Crippen LogP contribution < -0.4 is 30.7 Å². The molecule has 4 atom stereocenters. The van der Waals surface area contributed by atoms with Gasteiger partial charge in [-0.15, -0.1) is 22.7 Å². The van der Waals surface area contributed by atoms with E-state index in [1.54, 1.807) is 50.9 Å². The van der Waals surface area contributed by atoms with Crippen molar-refractivity contribution in [3.05, 3.63) is 117 Å². The molecule has 96 heavy (non-hydrogen) atoms. The number of benzene rings is 4. The molecule has 12 heterocycles. The molecule has 4 spiro atoms. The summed E-state index contributed by atoms with van der Waals surface area (Å²) in [6.45, 7) is 16.6. The zero-order valence-corrected chi connectivity index (χ0v) is 57.5. The van der Waals surface area contributed by atoms with Gasteiger partial charge in [-0.1, -0.05) is 36.4 Å². The highest BCUT2D eigenvalue weighted by Gasteiger charge is 2.55. The van der Waals surface area contributed by atoms with Crippen LogP contribution in [0.4, 0.5) is 19.2 Å². The Morgan fingerprint density at radius 1 is 0.385 bits per heavy atom. The number of ether oxygens (including phenoxy) is 2. The first-order valence-electron chi connectivity index (χ1n) is 33.6. The van der Waals surface area contributed by atoms with Gasteiger partial charge >= 0.3 is 24.1 Å². The minimum absolute atomic E-state index is 0.0919. The first kappa shape index (κ1) is 66.5. The Morgan fingerprint density at radius 2 is 0.646 bits per heavy atom. The molecule has 24 nitrogen and oxygen atoms in total. The zero-order chi connectivity index (χ0) is 67.6.